The molecule has 0 amide bonds. The second-order valence-electron chi connectivity index (χ2n) is 17.5. The van der Waals surface area contributed by atoms with Crippen LogP contribution in [0.5, 0.6) is 0 Å². The van der Waals surface area contributed by atoms with E-state index in [0.29, 0.717) is 38.5 Å². The van der Waals surface area contributed by atoms with E-state index in [1.807, 2.05) is 0 Å². The van der Waals surface area contributed by atoms with E-state index in [0.717, 1.165) is 18.2 Å². The molecule has 56 heavy (non-hydrogen) atoms. The van der Waals surface area contributed by atoms with Crippen molar-refractivity contribution in [2.45, 2.75) is 116 Å². The highest BCUT2D eigenvalue weighted by Crippen LogP contribution is 2.65. The van der Waals surface area contributed by atoms with Crippen LogP contribution in [0.4, 0.5) is 35.1 Å². The van der Waals surface area contributed by atoms with Gasteiger partial charge in [-0.1, -0.05) is 0 Å². The Morgan fingerprint density at radius 3 is 1.14 bits per heavy atom. The summed E-state index contributed by atoms with van der Waals surface area (Å²) in [7, 11) is -5.03. The highest BCUT2D eigenvalue weighted by Gasteiger charge is 2.71. The lowest BCUT2D eigenvalue weighted by Gasteiger charge is -2.63. The molecule has 2 saturated heterocycles. The number of esters is 2. The summed E-state index contributed by atoms with van der Waals surface area (Å²) in [6.07, 6.45) is 2.20. The number of ether oxygens (including phenoxy) is 6. The van der Waals surface area contributed by atoms with Crippen molar-refractivity contribution >= 4 is 22.1 Å². The first-order chi connectivity index (χ1) is 25.9. The molecule has 0 radical (unpaired) electrons. The van der Waals surface area contributed by atoms with Gasteiger partial charge in [-0.2, -0.15) is 43.5 Å². The minimum Gasteiger partial charge on any atom is -0.455 e. The van der Waals surface area contributed by atoms with Crippen LogP contribution in [0.25, 0.3) is 0 Å². The molecule has 4 atom stereocenters. The summed E-state index contributed by atoms with van der Waals surface area (Å²) in [4.78, 5) is 26.8. The smallest absolute Gasteiger partial charge is 0.338 e. The predicted octanol–water partition coefficient (Wildman–Crippen LogP) is 6.43. The van der Waals surface area contributed by atoms with Gasteiger partial charge in [0.15, 0.2) is 11.6 Å². The van der Waals surface area contributed by atoms with E-state index < -0.39 is 135 Å². The van der Waals surface area contributed by atoms with E-state index in [-0.39, 0.29) is 37.5 Å². The fourth-order valence-electron chi connectivity index (χ4n) is 11.7. The molecule has 1 aromatic rings. The molecule has 11 rings (SSSR count). The van der Waals surface area contributed by atoms with Crippen LogP contribution in [0.2, 0.25) is 0 Å². The average Bonchev–Trinajstić information content (AvgIpc) is 3.24. The molecule has 10 fully saturated rings. The number of hydrogen-bond acceptors (Lipinski definition) is 10. The zero-order chi connectivity index (χ0) is 40.1. The Labute approximate surface area is 314 Å². The third-order valence-corrected chi connectivity index (χ3v) is 14.7. The molecule has 1 N–H and O–H groups in total. The second kappa shape index (κ2) is 12.0. The molecule has 10 aliphatic rings. The van der Waals surface area contributed by atoms with Crippen LogP contribution in [0, 0.1) is 35.5 Å². The Balaban J connectivity index is 0.945. The van der Waals surface area contributed by atoms with E-state index in [1.54, 1.807) is 0 Å². The average molecular weight is 831 g/mol. The van der Waals surface area contributed by atoms with E-state index in [4.69, 9.17) is 28.4 Å². The van der Waals surface area contributed by atoms with Crippen molar-refractivity contribution in [2.75, 3.05) is 26.4 Å². The van der Waals surface area contributed by atoms with Crippen LogP contribution in [-0.2, 0) is 38.5 Å². The number of rotatable bonds is 5. The quantitative estimate of drug-likeness (QED) is 0.199. The van der Waals surface area contributed by atoms with Crippen molar-refractivity contribution in [1.82, 2.24) is 0 Å². The minimum absolute atomic E-state index is 0.00595. The van der Waals surface area contributed by atoms with Crippen LogP contribution >= 0.6 is 0 Å². The Kier molecular flexibility index (Phi) is 8.31. The van der Waals surface area contributed by atoms with Gasteiger partial charge in [0.2, 0.25) is 0 Å². The summed E-state index contributed by atoms with van der Waals surface area (Å²) >= 11 is 0. The lowest BCUT2D eigenvalue weighted by molar-refractivity contribution is -0.353. The van der Waals surface area contributed by atoms with Crippen molar-refractivity contribution in [1.29, 1.82) is 0 Å². The summed E-state index contributed by atoms with van der Waals surface area (Å²) in [5, 5.41) is 0. The van der Waals surface area contributed by atoms with Gasteiger partial charge < -0.3 is 28.4 Å². The van der Waals surface area contributed by atoms with Crippen molar-refractivity contribution in [3.63, 3.8) is 0 Å². The molecule has 11 nitrogen and oxygen atoms in total. The van der Waals surface area contributed by atoms with Gasteiger partial charge in [-0.25, -0.2) is 9.59 Å². The van der Waals surface area contributed by atoms with Crippen LogP contribution in [0.3, 0.4) is 0 Å². The van der Waals surface area contributed by atoms with Gasteiger partial charge in [0.25, 0.3) is 10.1 Å². The number of alkyl halides is 8. The van der Waals surface area contributed by atoms with Crippen molar-refractivity contribution in [3.8, 4) is 0 Å². The summed E-state index contributed by atoms with van der Waals surface area (Å²) in [5.41, 5.74) is -3.37. The van der Waals surface area contributed by atoms with Gasteiger partial charge >= 0.3 is 35.6 Å². The normalized spacial score (nSPS) is 40.2. The largest absolute Gasteiger partial charge is 0.455 e. The predicted molar refractivity (Wildman–Crippen MR) is 169 cm³/mol. The monoisotopic (exact) mass is 830 g/mol. The van der Waals surface area contributed by atoms with Gasteiger partial charge in [-0.05, 0) is 94.2 Å². The second-order valence-corrected chi connectivity index (χ2v) is 18.9. The molecule has 8 aliphatic carbocycles. The maximum Gasteiger partial charge on any atom is 0.338 e. The molecule has 1 aromatic carbocycles. The third kappa shape index (κ3) is 5.84. The van der Waals surface area contributed by atoms with Crippen molar-refractivity contribution < 1.29 is 86.1 Å². The molecule has 8 saturated carbocycles. The summed E-state index contributed by atoms with van der Waals surface area (Å²) in [6, 6.07) is 2.63. The maximum absolute atomic E-state index is 14.3. The number of carbonyl (C=O) groups is 2. The van der Waals surface area contributed by atoms with Gasteiger partial charge in [-0.15, -0.1) is 0 Å². The summed E-state index contributed by atoms with van der Waals surface area (Å²) in [6.45, 7) is -6.24. The van der Waals surface area contributed by atoms with Crippen LogP contribution < -0.4 is 0 Å². The fraction of sp³-hybridized carbons (Fsp3) is 0.778. The maximum atomic E-state index is 14.3. The zero-order valence-electron chi connectivity index (χ0n) is 29.6. The van der Waals surface area contributed by atoms with Crippen molar-refractivity contribution in [3.05, 3.63) is 29.3 Å². The molecule has 2 spiro atoms. The lowest BCUT2D eigenvalue weighted by atomic mass is 9.51. The molecule has 0 aromatic heterocycles. The summed E-state index contributed by atoms with van der Waals surface area (Å²) in [5.74, 6) is -26.5. The van der Waals surface area contributed by atoms with E-state index in [2.05, 4.69) is 0 Å². The molecule has 2 heterocycles. The molecule has 310 valence electrons. The van der Waals surface area contributed by atoms with Gasteiger partial charge in [0.05, 0.1) is 16.0 Å². The Morgan fingerprint density at radius 2 is 0.857 bits per heavy atom. The highest BCUT2D eigenvalue weighted by atomic mass is 32.2. The Morgan fingerprint density at radius 1 is 0.554 bits per heavy atom. The third-order valence-electron chi connectivity index (χ3n) is 13.8. The number of benzene rings is 1. The Bertz CT molecular complexity index is 1770. The minimum atomic E-state index is -5.03. The number of carbonyl (C=O) groups excluding carboxylic acids is 2. The molecule has 2 aliphatic heterocycles. The van der Waals surface area contributed by atoms with E-state index in [1.165, 1.54) is 0 Å². The van der Waals surface area contributed by atoms with Gasteiger partial charge in [0.1, 0.15) is 37.6 Å². The standard InChI is InChI=1S/C36H38F8O11S/c37-31(38)14-50-35(51-15-32(31,39)40)22-1-18-2-23(35)11-29(8-18,10-22)54-27(45)20-5-21(7-26(6-20)56(47,48)49)28(46)55-30-9-19-3-24(12-30)36(25(4-19)13-30)52-16-33(41,42)34(43,44)17-53-36/h5-7,18-19,22-25H,1-4,8-17H2,(H,47,48,49). The fourth-order valence-corrected chi connectivity index (χ4v) is 12.3. The summed E-state index contributed by atoms with van der Waals surface area (Å²) < 4.78 is 183. The van der Waals surface area contributed by atoms with Crippen molar-refractivity contribution in [2.24, 2.45) is 35.5 Å². The van der Waals surface area contributed by atoms with Gasteiger partial charge in [0, 0.05) is 23.7 Å². The van der Waals surface area contributed by atoms with Crippen LogP contribution in [-0.4, -0.2) is 97.8 Å². The molecular weight excluding hydrogens is 792 g/mol. The molecular formula is C36H38F8O11S. The SMILES string of the molecule is O=C(OC12CC3CC(C1)C1(OCC(F)(F)C(F)(F)CO1)C(C3)C2)c1cc(C(=O)OC23CC4CC(C2)C2(OCC(F)(F)C(F)(F)CO2)C(C4)C3)cc(S(=O)(=O)O)c1. The van der Waals surface area contributed by atoms with Gasteiger partial charge in [-0.3, -0.25) is 4.55 Å². The number of hydrogen-bond donors (Lipinski definition) is 1. The highest BCUT2D eigenvalue weighted by molar-refractivity contribution is 7.85. The lowest BCUT2D eigenvalue weighted by Crippen LogP contribution is -2.66. The first kappa shape index (κ1) is 38.8. The Hall–Kier alpha value is -2.65. The molecule has 20 heteroatoms. The topological polar surface area (TPSA) is 144 Å². The number of halogens is 8. The first-order valence-corrected chi connectivity index (χ1v) is 20.0. The molecule has 8 bridgehead atoms. The first-order valence-electron chi connectivity index (χ1n) is 18.6. The van der Waals surface area contributed by atoms with Crippen LogP contribution in [0.1, 0.15) is 84.9 Å². The zero-order valence-corrected chi connectivity index (χ0v) is 30.4. The van der Waals surface area contributed by atoms with Crippen LogP contribution in [0.15, 0.2) is 23.1 Å². The molecule has 4 unspecified atom stereocenters. The van der Waals surface area contributed by atoms with E-state index in [9.17, 15) is 57.7 Å². The van der Waals surface area contributed by atoms with E-state index >= 15 is 0 Å².